The molecular formula is C13H19N3. The van der Waals surface area contributed by atoms with Crippen molar-refractivity contribution in [2.75, 3.05) is 5.73 Å². The highest BCUT2D eigenvalue weighted by Crippen LogP contribution is 2.60. The lowest BCUT2D eigenvalue weighted by Crippen LogP contribution is -2.43. The Morgan fingerprint density at radius 3 is 2.19 bits per heavy atom. The highest BCUT2D eigenvalue weighted by Gasteiger charge is 2.49. The van der Waals surface area contributed by atoms with Gasteiger partial charge in [0.05, 0.1) is 6.20 Å². The normalized spacial score (nSPS) is 45.1. The van der Waals surface area contributed by atoms with Gasteiger partial charge in [-0.3, -0.25) is 5.10 Å². The predicted octanol–water partition coefficient (Wildman–Crippen LogP) is 2.53. The molecule has 0 aliphatic heterocycles. The van der Waals surface area contributed by atoms with Crippen molar-refractivity contribution in [3.8, 4) is 0 Å². The molecule has 4 saturated carbocycles. The molecule has 16 heavy (non-hydrogen) atoms. The molecule has 3 heteroatoms. The smallest absolute Gasteiger partial charge is 0.122 e. The molecule has 4 bridgehead atoms. The van der Waals surface area contributed by atoms with E-state index in [0.29, 0.717) is 5.92 Å². The molecule has 3 nitrogen and oxygen atoms in total. The topological polar surface area (TPSA) is 54.7 Å². The highest BCUT2D eigenvalue weighted by atomic mass is 15.1. The van der Waals surface area contributed by atoms with E-state index >= 15 is 0 Å². The Morgan fingerprint density at radius 1 is 1.06 bits per heavy atom. The van der Waals surface area contributed by atoms with Gasteiger partial charge in [0.2, 0.25) is 0 Å². The standard InChI is InChI=1S/C13H19N3/c14-13-11(6-15-16-13)12-9-2-7-1-8(4-9)5-10(12)3-7/h6-10,12H,1-5H2,(H3,14,15,16). The van der Waals surface area contributed by atoms with E-state index in [1.54, 1.807) is 0 Å². The molecule has 1 aromatic heterocycles. The van der Waals surface area contributed by atoms with Crippen molar-refractivity contribution in [1.29, 1.82) is 0 Å². The number of aromatic nitrogens is 2. The van der Waals surface area contributed by atoms with Gasteiger partial charge in [0.25, 0.3) is 0 Å². The van der Waals surface area contributed by atoms with Crippen LogP contribution >= 0.6 is 0 Å². The van der Waals surface area contributed by atoms with E-state index in [4.69, 9.17) is 5.73 Å². The van der Waals surface area contributed by atoms with Crippen molar-refractivity contribution in [1.82, 2.24) is 10.2 Å². The first kappa shape index (κ1) is 9.08. The minimum atomic E-state index is 0.714. The average Bonchev–Trinajstić information content (AvgIpc) is 2.63. The first-order chi connectivity index (χ1) is 7.81. The summed E-state index contributed by atoms with van der Waals surface area (Å²) in [6, 6.07) is 0. The summed E-state index contributed by atoms with van der Waals surface area (Å²) in [4.78, 5) is 0. The van der Waals surface area contributed by atoms with E-state index in [2.05, 4.69) is 10.2 Å². The fraction of sp³-hybridized carbons (Fsp3) is 0.769. The number of anilines is 1. The van der Waals surface area contributed by atoms with Gasteiger partial charge >= 0.3 is 0 Å². The second-order valence-electron chi connectivity index (χ2n) is 6.20. The predicted molar refractivity (Wildman–Crippen MR) is 62.8 cm³/mol. The number of H-pyrrole nitrogens is 1. The maximum Gasteiger partial charge on any atom is 0.122 e. The maximum absolute atomic E-state index is 6.00. The van der Waals surface area contributed by atoms with Gasteiger partial charge < -0.3 is 5.73 Å². The number of nitrogens with zero attached hydrogens (tertiary/aromatic N) is 1. The van der Waals surface area contributed by atoms with Gasteiger partial charge in [-0.25, -0.2) is 0 Å². The number of aromatic amines is 1. The van der Waals surface area contributed by atoms with E-state index < -0.39 is 0 Å². The molecule has 86 valence electrons. The molecule has 0 saturated heterocycles. The molecule has 5 rings (SSSR count). The van der Waals surface area contributed by atoms with Crippen LogP contribution in [0.25, 0.3) is 0 Å². The summed E-state index contributed by atoms with van der Waals surface area (Å²) in [5.41, 5.74) is 7.32. The van der Waals surface area contributed by atoms with E-state index in [1.165, 1.54) is 37.7 Å². The number of hydrogen-bond donors (Lipinski definition) is 2. The maximum atomic E-state index is 6.00. The first-order valence-corrected chi connectivity index (χ1v) is 6.60. The lowest BCUT2D eigenvalue weighted by molar-refractivity contribution is -0.00254. The van der Waals surface area contributed by atoms with Crippen LogP contribution in [-0.4, -0.2) is 10.2 Å². The molecule has 1 aromatic rings. The van der Waals surface area contributed by atoms with E-state index in [-0.39, 0.29) is 0 Å². The van der Waals surface area contributed by atoms with Gasteiger partial charge in [0.15, 0.2) is 0 Å². The van der Waals surface area contributed by atoms with E-state index in [9.17, 15) is 0 Å². The Morgan fingerprint density at radius 2 is 1.69 bits per heavy atom. The fourth-order valence-electron chi connectivity index (χ4n) is 5.00. The lowest BCUT2D eigenvalue weighted by atomic mass is 9.51. The zero-order chi connectivity index (χ0) is 10.7. The van der Waals surface area contributed by atoms with Crippen LogP contribution in [0.5, 0.6) is 0 Å². The summed E-state index contributed by atoms with van der Waals surface area (Å²) in [5, 5.41) is 7.01. The van der Waals surface area contributed by atoms with Crippen LogP contribution in [0.2, 0.25) is 0 Å². The van der Waals surface area contributed by atoms with E-state index in [0.717, 1.165) is 29.5 Å². The summed E-state index contributed by atoms with van der Waals surface area (Å²) in [6.45, 7) is 0. The molecule has 0 spiro atoms. The largest absolute Gasteiger partial charge is 0.384 e. The molecule has 4 aliphatic carbocycles. The van der Waals surface area contributed by atoms with Crippen LogP contribution in [0.1, 0.15) is 43.6 Å². The van der Waals surface area contributed by atoms with Gasteiger partial charge in [-0.2, -0.15) is 5.10 Å². The van der Waals surface area contributed by atoms with Crippen LogP contribution in [-0.2, 0) is 0 Å². The molecule has 4 aliphatic rings. The Hall–Kier alpha value is -0.990. The molecule has 4 fully saturated rings. The van der Waals surface area contributed by atoms with Crippen molar-refractivity contribution >= 4 is 5.82 Å². The Labute approximate surface area is 95.8 Å². The van der Waals surface area contributed by atoms with Crippen LogP contribution in [0.4, 0.5) is 5.82 Å². The van der Waals surface area contributed by atoms with Crippen molar-refractivity contribution in [2.45, 2.75) is 38.0 Å². The monoisotopic (exact) mass is 217 g/mol. The number of rotatable bonds is 1. The van der Waals surface area contributed by atoms with Crippen molar-refractivity contribution < 1.29 is 0 Å². The molecule has 0 radical (unpaired) electrons. The van der Waals surface area contributed by atoms with Crippen molar-refractivity contribution in [2.24, 2.45) is 23.7 Å². The molecule has 1 heterocycles. The fourth-order valence-corrected chi connectivity index (χ4v) is 5.00. The average molecular weight is 217 g/mol. The minimum absolute atomic E-state index is 0.714. The summed E-state index contributed by atoms with van der Waals surface area (Å²) < 4.78 is 0. The third kappa shape index (κ3) is 1.12. The lowest BCUT2D eigenvalue weighted by Gasteiger charge is -2.54. The van der Waals surface area contributed by atoms with Crippen LogP contribution in [0.15, 0.2) is 6.20 Å². The third-order valence-electron chi connectivity index (χ3n) is 5.29. The Bertz CT molecular complexity index is 381. The van der Waals surface area contributed by atoms with Crippen LogP contribution in [0, 0.1) is 23.7 Å². The summed E-state index contributed by atoms with van der Waals surface area (Å²) in [5.74, 6) is 5.40. The Balaban J connectivity index is 1.72. The molecular weight excluding hydrogens is 198 g/mol. The van der Waals surface area contributed by atoms with Crippen molar-refractivity contribution in [3.63, 3.8) is 0 Å². The van der Waals surface area contributed by atoms with E-state index in [1.807, 2.05) is 6.20 Å². The SMILES string of the molecule is Nc1[nH]ncc1C1C2CC3CC(C2)CC1C3. The number of hydrogen-bond acceptors (Lipinski definition) is 2. The van der Waals surface area contributed by atoms with Gasteiger partial charge in [-0.1, -0.05) is 0 Å². The zero-order valence-corrected chi connectivity index (χ0v) is 9.52. The summed E-state index contributed by atoms with van der Waals surface area (Å²) in [6.07, 6.45) is 9.28. The summed E-state index contributed by atoms with van der Waals surface area (Å²) in [7, 11) is 0. The van der Waals surface area contributed by atoms with Gasteiger partial charge in [-0.15, -0.1) is 0 Å². The zero-order valence-electron chi connectivity index (χ0n) is 9.52. The van der Waals surface area contributed by atoms with Crippen LogP contribution < -0.4 is 5.73 Å². The number of nitrogens with two attached hydrogens (primary N) is 1. The highest BCUT2D eigenvalue weighted by molar-refractivity contribution is 5.41. The second kappa shape index (κ2) is 3.02. The first-order valence-electron chi connectivity index (χ1n) is 6.60. The molecule has 0 amide bonds. The number of nitrogens with one attached hydrogen (secondary N) is 1. The number of nitrogen functional groups attached to an aromatic ring is 1. The molecule has 3 N–H and O–H groups in total. The molecule has 0 atom stereocenters. The van der Waals surface area contributed by atoms with Gasteiger partial charge in [-0.05, 0) is 61.7 Å². The van der Waals surface area contributed by atoms with Crippen LogP contribution in [0.3, 0.4) is 0 Å². The third-order valence-corrected chi connectivity index (χ3v) is 5.29. The quantitative estimate of drug-likeness (QED) is 0.759. The van der Waals surface area contributed by atoms with Gasteiger partial charge in [0, 0.05) is 5.56 Å². The van der Waals surface area contributed by atoms with Gasteiger partial charge in [0.1, 0.15) is 5.82 Å². The molecule has 0 unspecified atom stereocenters. The molecule has 0 aromatic carbocycles. The minimum Gasteiger partial charge on any atom is -0.384 e. The van der Waals surface area contributed by atoms with Crippen molar-refractivity contribution in [3.05, 3.63) is 11.8 Å². The summed E-state index contributed by atoms with van der Waals surface area (Å²) >= 11 is 0. The second-order valence-corrected chi connectivity index (χ2v) is 6.20. The Kier molecular flexibility index (Phi) is 1.72.